The predicted molar refractivity (Wildman–Crippen MR) is 123 cm³/mol. The molecule has 0 aliphatic carbocycles. The molecule has 0 amide bonds. The Morgan fingerprint density at radius 3 is 2.23 bits per heavy atom. The number of nitrogens with zero attached hydrogens (tertiary/aromatic N) is 2. The van der Waals surface area contributed by atoms with Gasteiger partial charge in [0.05, 0.1) is 12.8 Å². The largest absolute Gasteiger partial charge is 0.497 e. The molecule has 4 aromatic rings. The molecular weight excluding hydrogens is 406 g/mol. The highest BCUT2D eigenvalue weighted by Gasteiger charge is 2.14. The van der Waals surface area contributed by atoms with Crippen molar-refractivity contribution < 1.29 is 4.74 Å². The molecule has 1 heterocycles. The van der Waals surface area contributed by atoms with E-state index in [4.69, 9.17) is 4.74 Å². The first-order valence-corrected chi connectivity index (χ1v) is 10.6. The van der Waals surface area contributed by atoms with Crippen molar-refractivity contribution >= 4 is 11.8 Å². The Kier molecular flexibility index (Phi) is 6.16. The topological polar surface area (TPSA) is 78.8 Å². The number of methoxy groups -OCH3 is 1. The smallest absolute Gasteiger partial charge is 0.270 e. The van der Waals surface area contributed by atoms with Crippen molar-refractivity contribution in [1.82, 2.24) is 9.97 Å². The number of aromatic nitrogens is 2. The van der Waals surface area contributed by atoms with Gasteiger partial charge in [-0.25, -0.2) is 4.98 Å². The van der Waals surface area contributed by atoms with Gasteiger partial charge in [-0.2, -0.15) is 5.26 Å². The van der Waals surface area contributed by atoms with Crippen LogP contribution < -0.4 is 10.3 Å². The fourth-order valence-electron chi connectivity index (χ4n) is 3.16. The van der Waals surface area contributed by atoms with Crippen molar-refractivity contribution in [3.63, 3.8) is 0 Å². The summed E-state index contributed by atoms with van der Waals surface area (Å²) >= 11 is 1.42. The zero-order valence-corrected chi connectivity index (χ0v) is 17.6. The molecular formula is C25H19N3O2S. The third-order valence-electron chi connectivity index (χ3n) is 4.81. The lowest BCUT2D eigenvalue weighted by molar-refractivity contribution is 0.415. The van der Waals surface area contributed by atoms with Gasteiger partial charge in [-0.3, -0.25) is 4.79 Å². The molecule has 0 fully saturated rings. The average Bonchev–Trinajstić information content (AvgIpc) is 2.83. The monoisotopic (exact) mass is 425 g/mol. The Hall–Kier alpha value is -3.82. The van der Waals surface area contributed by atoms with Crippen LogP contribution in [-0.2, 0) is 5.75 Å². The summed E-state index contributed by atoms with van der Waals surface area (Å²) in [5.41, 5.74) is 4.06. The first-order valence-electron chi connectivity index (χ1n) is 9.64. The summed E-state index contributed by atoms with van der Waals surface area (Å²) in [6.45, 7) is 0. The van der Waals surface area contributed by atoms with Crippen LogP contribution in [0.2, 0.25) is 0 Å². The number of ether oxygens (including phenoxy) is 1. The van der Waals surface area contributed by atoms with Crippen LogP contribution in [0.1, 0.15) is 11.1 Å². The van der Waals surface area contributed by atoms with E-state index in [9.17, 15) is 10.1 Å². The highest BCUT2D eigenvalue weighted by molar-refractivity contribution is 7.98. The number of hydrogen-bond acceptors (Lipinski definition) is 5. The predicted octanol–water partition coefficient (Wildman–Crippen LogP) is 5.28. The molecule has 6 heteroatoms. The Morgan fingerprint density at radius 1 is 0.935 bits per heavy atom. The van der Waals surface area contributed by atoms with Crippen molar-refractivity contribution in [1.29, 1.82) is 5.26 Å². The summed E-state index contributed by atoms with van der Waals surface area (Å²) in [6.07, 6.45) is 0. The van der Waals surface area contributed by atoms with E-state index in [2.05, 4.69) is 46.4 Å². The van der Waals surface area contributed by atoms with Crippen LogP contribution in [0, 0.1) is 11.3 Å². The van der Waals surface area contributed by atoms with E-state index in [1.165, 1.54) is 17.3 Å². The zero-order valence-electron chi connectivity index (χ0n) is 16.8. The van der Waals surface area contributed by atoms with E-state index in [-0.39, 0.29) is 5.56 Å². The van der Waals surface area contributed by atoms with Gasteiger partial charge in [0.15, 0.2) is 5.16 Å². The van der Waals surface area contributed by atoms with Crippen LogP contribution >= 0.6 is 11.8 Å². The Balaban J connectivity index is 1.55. The standard InChI is InChI=1S/C25H19N3O2S/c1-30-21-13-11-20(12-14-21)23-22(15-26)24(29)28-25(27-23)31-16-17-7-9-19(10-8-17)18-5-3-2-4-6-18/h2-14H,16H2,1H3,(H,27,28,29). The Morgan fingerprint density at radius 2 is 1.58 bits per heavy atom. The molecule has 0 atom stereocenters. The van der Waals surface area contributed by atoms with Gasteiger partial charge in [0, 0.05) is 11.3 Å². The fraction of sp³-hybridized carbons (Fsp3) is 0.0800. The van der Waals surface area contributed by atoms with Gasteiger partial charge in [0.2, 0.25) is 0 Å². The van der Waals surface area contributed by atoms with Crippen LogP contribution in [0.15, 0.2) is 88.8 Å². The molecule has 0 bridgehead atoms. The van der Waals surface area contributed by atoms with Crippen LogP contribution in [0.25, 0.3) is 22.4 Å². The third-order valence-corrected chi connectivity index (χ3v) is 5.75. The van der Waals surface area contributed by atoms with Gasteiger partial charge in [-0.15, -0.1) is 0 Å². The second-order valence-corrected chi connectivity index (χ2v) is 7.75. The number of benzene rings is 3. The molecule has 0 unspecified atom stereocenters. The van der Waals surface area contributed by atoms with Crippen molar-refractivity contribution in [2.75, 3.05) is 7.11 Å². The quantitative estimate of drug-likeness (QED) is 0.336. The highest BCUT2D eigenvalue weighted by Crippen LogP contribution is 2.26. The third kappa shape index (κ3) is 4.68. The van der Waals surface area contributed by atoms with Gasteiger partial charge in [0.1, 0.15) is 17.4 Å². The van der Waals surface area contributed by atoms with Gasteiger partial charge in [-0.05, 0) is 41.0 Å². The minimum absolute atomic E-state index is 0.00160. The molecule has 1 N–H and O–H groups in total. The van der Waals surface area contributed by atoms with Crippen LogP contribution in [0.5, 0.6) is 5.75 Å². The maximum Gasteiger partial charge on any atom is 0.270 e. The maximum absolute atomic E-state index is 12.4. The molecule has 0 spiro atoms. The molecule has 0 saturated carbocycles. The van der Waals surface area contributed by atoms with Crippen molar-refractivity contribution in [3.8, 4) is 34.2 Å². The van der Waals surface area contributed by atoms with Crippen molar-refractivity contribution in [2.45, 2.75) is 10.9 Å². The number of aromatic amines is 1. The fourth-order valence-corrected chi connectivity index (χ4v) is 3.97. The number of thioether (sulfide) groups is 1. The summed E-state index contributed by atoms with van der Waals surface area (Å²) in [6, 6.07) is 27.6. The molecule has 0 saturated heterocycles. The average molecular weight is 426 g/mol. The molecule has 4 rings (SSSR count). The normalized spacial score (nSPS) is 10.5. The molecule has 0 aliphatic heterocycles. The number of nitriles is 1. The molecule has 31 heavy (non-hydrogen) atoms. The summed E-state index contributed by atoms with van der Waals surface area (Å²) in [5.74, 6) is 1.34. The lowest BCUT2D eigenvalue weighted by Crippen LogP contribution is -2.14. The van der Waals surface area contributed by atoms with Crippen LogP contribution in [0.3, 0.4) is 0 Å². The lowest BCUT2D eigenvalue weighted by atomic mass is 10.0. The van der Waals surface area contributed by atoms with Gasteiger partial charge >= 0.3 is 0 Å². The number of nitrogens with one attached hydrogen (secondary N) is 1. The second kappa shape index (κ2) is 9.33. The van der Waals surface area contributed by atoms with Gasteiger partial charge in [0.25, 0.3) is 5.56 Å². The molecule has 5 nitrogen and oxygen atoms in total. The minimum atomic E-state index is -0.440. The molecule has 0 radical (unpaired) electrons. The minimum Gasteiger partial charge on any atom is -0.497 e. The molecule has 0 aliphatic rings. The summed E-state index contributed by atoms with van der Waals surface area (Å²) in [5, 5.41) is 9.91. The van der Waals surface area contributed by atoms with Gasteiger partial charge in [-0.1, -0.05) is 66.4 Å². The van der Waals surface area contributed by atoms with Gasteiger partial charge < -0.3 is 9.72 Å². The first-order chi connectivity index (χ1) is 15.2. The number of hydrogen-bond donors (Lipinski definition) is 1. The summed E-state index contributed by atoms with van der Waals surface area (Å²) < 4.78 is 5.18. The van der Waals surface area contributed by atoms with Crippen LogP contribution in [-0.4, -0.2) is 17.1 Å². The number of H-pyrrole nitrogens is 1. The van der Waals surface area contributed by atoms with E-state index in [0.29, 0.717) is 27.9 Å². The Labute approximate surface area is 184 Å². The van der Waals surface area contributed by atoms with Crippen molar-refractivity contribution in [3.05, 3.63) is 100 Å². The van der Waals surface area contributed by atoms with E-state index in [0.717, 1.165) is 11.1 Å². The summed E-state index contributed by atoms with van der Waals surface area (Å²) in [7, 11) is 1.59. The van der Waals surface area contributed by atoms with Crippen LogP contribution in [0.4, 0.5) is 0 Å². The molecule has 3 aromatic carbocycles. The maximum atomic E-state index is 12.4. The Bertz CT molecular complexity index is 1280. The summed E-state index contributed by atoms with van der Waals surface area (Å²) in [4.78, 5) is 19.7. The molecule has 1 aromatic heterocycles. The van der Waals surface area contributed by atoms with E-state index in [1.54, 1.807) is 31.4 Å². The van der Waals surface area contributed by atoms with E-state index < -0.39 is 5.56 Å². The SMILES string of the molecule is COc1ccc(-c2nc(SCc3ccc(-c4ccccc4)cc3)[nH]c(=O)c2C#N)cc1. The van der Waals surface area contributed by atoms with E-state index >= 15 is 0 Å². The molecule has 152 valence electrons. The lowest BCUT2D eigenvalue weighted by Gasteiger charge is -2.08. The van der Waals surface area contributed by atoms with Crippen molar-refractivity contribution in [2.24, 2.45) is 0 Å². The highest BCUT2D eigenvalue weighted by atomic mass is 32.2. The second-order valence-electron chi connectivity index (χ2n) is 6.79. The first kappa shape index (κ1) is 20.5. The van der Waals surface area contributed by atoms with E-state index in [1.807, 2.05) is 24.3 Å². The zero-order chi connectivity index (χ0) is 21.6. The number of rotatable bonds is 6.